The molecule has 5 heteroatoms. The molecule has 0 heterocycles. The van der Waals surface area contributed by atoms with Crippen molar-refractivity contribution >= 4 is 17.5 Å². The first-order chi connectivity index (χ1) is 9.97. The van der Waals surface area contributed by atoms with E-state index in [0.29, 0.717) is 22.7 Å². The van der Waals surface area contributed by atoms with E-state index in [1.807, 2.05) is 25.1 Å². The van der Waals surface area contributed by atoms with E-state index in [0.717, 1.165) is 5.56 Å². The van der Waals surface area contributed by atoms with Crippen LogP contribution < -0.4 is 11.1 Å². The number of hydrogen-bond acceptors (Lipinski definition) is 2. The Morgan fingerprint density at radius 2 is 2.10 bits per heavy atom. The molecular weight excluding hydrogens is 291 g/mol. The van der Waals surface area contributed by atoms with Crippen molar-refractivity contribution in [2.45, 2.75) is 19.5 Å². The van der Waals surface area contributed by atoms with E-state index < -0.39 is 5.91 Å². The summed E-state index contributed by atoms with van der Waals surface area (Å²) in [6, 6.07) is 11.6. The molecule has 0 aliphatic heterocycles. The van der Waals surface area contributed by atoms with E-state index in [9.17, 15) is 9.18 Å². The number of carbonyl (C=O) groups excluding carboxylic acids is 1. The van der Waals surface area contributed by atoms with Crippen molar-refractivity contribution in [3.05, 3.63) is 70.0 Å². The molecule has 2 aromatic carbocycles. The van der Waals surface area contributed by atoms with Gasteiger partial charge in [-0.15, -0.1) is 0 Å². The number of halogens is 2. The SMILES string of the molecule is C[C@H](NCc1cc(C(N)=O)ccc1F)c1cccc(Cl)c1. The third-order valence-electron chi connectivity index (χ3n) is 3.28. The molecule has 0 fully saturated rings. The number of nitrogens with one attached hydrogen (secondary N) is 1. The highest BCUT2D eigenvalue weighted by molar-refractivity contribution is 6.30. The smallest absolute Gasteiger partial charge is 0.248 e. The van der Waals surface area contributed by atoms with Gasteiger partial charge in [-0.2, -0.15) is 0 Å². The minimum absolute atomic E-state index is 0.000309. The normalized spacial score (nSPS) is 12.1. The Morgan fingerprint density at radius 3 is 2.76 bits per heavy atom. The molecule has 0 radical (unpaired) electrons. The summed E-state index contributed by atoms with van der Waals surface area (Å²) in [7, 11) is 0. The Labute approximate surface area is 127 Å². The van der Waals surface area contributed by atoms with Gasteiger partial charge in [0.15, 0.2) is 0 Å². The zero-order valence-corrected chi connectivity index (χ0v) is 12.3. The molecule has 0 saturated heterocycles. The van der Waals surface area contributed by atoms with Gasteiger partial charge in [-0.25, -0.2) is 4.39 Å². The fourth-order valence-corrected chi connectivity index (χ4v) is 2.22. The Morgan fingerprint density at radius 1 is 1.33 bits per heavy atom. The highest BCUT2D eigenvalue weighted by Gasteiger charge is 2.10. The molecule has 0 saturated carbocycles. The van der Waals surface area contributed by atoms with Gasteiger partial charge in [0.1, 0.15) is 5.82 Å². The van der Waals surface area contributed by atoms with Crippen molar-refractivity contribution in [3.63, 3.8) is 0 Å². The summed E-state index contributed by atoms with van der Waals surface area (Å²) in [6.45, 7) is 2.25. The lowest BCUT2D eigenvalue weighted by Gasteiger charge is -2.15. The molecule has 0 aliphatic rings. The summed E-state index contributed by atoms with van der Waals surface area (Å²) in [5, 5.41) is 3.85. The molecule has 1 atom stereocenters. The van der Waals surface area contributed by atoms with E-state index in [4.69, 9.17) is 17.3 Å². The van der Waals surface area contributed by atoms with Gasteiger partial charge in [-0.1, -0.05) is 23.7 Å². The number of rotatable bonds is 5. The molecule has 2 aromatic rings. The molecule has 21 heavy (non-hydrogen) atoms. The second-order valence-electron chi connectivity index (χ2n) is 4.83. The van der Waals surface area contributed by atoms with E-state index in [1.54, 1.807) is 6.07 Å². The molecule has 0 aliphatic carbocycles. The Balaban J connectivity index is 2.09. The standard InChI is InChI=1S/C16H16ClFN2O/c1-10(11-3-2-4-14(17)8-11)20-9-13-7-12(16(19)21)5-6-15(13)18/h2-8,10,20H,9H2,1H3,(H2,19,21)/t10-/m0/s1. The van der Waals surface area contributed by atoms with Crippen molar-refractivity contribution < 1.29 is 9.18 Å². The van der Waals surface area contributed by atoms with Crippen LogP contribution in [-0.2, 0) is 6.54 Å². The first kappa shape index (κ1) is 15.5. The molecular formula is C16H16ClFN2O. The molecule has 0 unspecified atom stereocenters. The highest BCUT2D eigenvalue weighted by Crippen LogP contribution is 2.18. The third kappa shape index (κ3) is 4.03. The fourth-order valence-electron chi connectivity index (χ4n) is 2.02. The summed E-state index contributed by atoms with van der Waals surface area (Å²) in [4.78, 5) is 11.1. The minimum atomic E-state index is -0.570. The van der Waals surface area contributed by atoms with Crippen molar-refractivity contribution in [1.29, 1.82) is 0 Å². The van der Waals surface area contributed by atoms with E-state index in [1.165, 1.54) is 18.2 Å². The monoisotopic (exact) mass is 306 g/mol. The minimum Gasteiger partial charge on any atom is -0.366 e. The van der Waals surface area contributed by atoms with E-state index >= 15 is 0 Å². The first-order valence-electron chi connectivity index (χ1n) is 6.54. The van der Waals surface area contributed by atoms with Gasteiger partial charge in [0.2, 0.25) is 5.91 Å². The average Bonchev–Trinajstić information content (AvgIpc) is 2.45. The van der Waals surface area contributed by atoms with Crippen LogP contribution in [0.3, 0.4) is 0 Å². The number of amides is 1. The van der Waals surface area contributed by atoms with Crippen molar-refractivity contribution in [3.8, 4) is 0 Å². The second kappa shape index (κ2) is 6.70. The third-order valence-corrected chi connectivity index (χ3v) is 3.51. The van der Waals surface area contributed by atoms with E-state index in [-0.39, 0.29) is 11.9 Å². The molecule has 0 aromatic heterocycles. The van der Waals surface area contributed by atoms with Crippen LogP contribution in [-0.4, -0.2) is 5.91 Å². The van der Waals surface area contributed by atoms with Crippen LogP contribution in [0, 0.1) is 5.82 Å². The van der Waals surface area contributed by atoms with Crippen molar-refractivity contribution in [2.24, 2.45) is 5.73 Å². The summed E-state index contributed by atoms with van der Waals surface area (Å²) in [5.74, 6) is -0.940. The predicted octanol–water partition coefficient (Wildman–Crippen LogP) is 3.43. The zero-order valence-electron chi connectivity index (χ0n) is 11.6. The van der Waals surface area contributed by atoms with Gasteiger partial charge in [0.25, 0.3) is 0 Å². The van der Waals surface area contributed by atoms with Gasteiger partial charge < -0.3 is 11.1 Å². The van der Waals surface area contributed by atoms with Gasteiger partial charge >= 0.3 is 0 Å². The molecule has 110 valence electrons. The molecule has 2 rings (SSSR count). The largest absolute Gasteiger partial charge is 0.366 e. The average molecular weight is 307 g/mol. The summed E-state index contributed by atoms with van der Waals surface area (Å²) in [6.07, 6.45) is 0. The maximum Gasteiger partial charge on any atom is 0.248 e. The van der Waals surface area contributed by atoms with Gasteiger partial charge in [-0.05, 0) is 42.8 Å². The van der Waals surface area contributed by atoms with Gasteiger partial charge in [-0.3, -0.25) is 4.79 Å². The maximum absolute atomic E-state index is 13.7. The van der Waals surface area contributed by atoms with Gasteiger partial charge in [0.05, 0.1) is 0 Å². The Kier molecular flexibility index (Phi) is 4.94. The molecule has 3 N–H and O–H groups in total. The summed E-state index contributed by atoms with van der Waals surface area (Å²) >= 11 is 5.95. The Hall–Kier alpha value is -1.91. The van der Waals surface area contributed by atoms with Crippen LogP contribution in [0.25, 0.3) is 0 Å². The van der Waals surface area contributed by atoms with Crippen LogP contribution >= 0.6 is 11.6 Å². The quantitative estimate of drug-likeness (QED) is 0.889. The second-order valence-corrected chi connectivity index (χ2v) is 5.26. The number of benzene rings is 2. The number of nitrogens with two attached hydrogens (primary N) is 1. The number of carbonyl (C=O) groups is 1. The molecule has 0 bridgehead atoms. The topological polar surface area (TPSA) is 55.1 Å². The Bertz CT molecular complexity index is 660. The fraction of sp³-hybridized carbons (Fsp3) is 0.188. The lowest BCUT2D eigenvalue weighted by atomic mass is 10.1. The summed E-state index contributed by atoms with van der Waals surface area (Å²) < 4.78 is 13.7. The molecule has 3 nitrogen and oxygen atoms in total. The van der Waals surface area contributed by atoms with Crippen LogP contribution in [0.4, 0.5) is 4.39 Å². The van der Waals surface area contributed by atoms with Gasteiger partial charge in [0, 0.05) is 28.7 Å². The lowest BCUT2D eigenvalue weighted by molar-refractivity contribution is 0.1000. The van der Waals surface area contributed by atoms with Crippen LogP contribution in [0.1, 0.15) is 34.5 Å². The maximum atomic E-state index is 13.7. The number of primary amides is 1. The molecule has 0 spiro atoms. The highest BCUT2D eigenvalue weighted by atomic mass is 35.5. The molecule has 1 amide bonds. The zero-order chi connectivity index (χ0) is 15.4. The lowest BCUT2D eigenvalue weighted by Crippen LogP contribution is -2.19. The first-order valence-corrected chi connectivity index (χ1v) is 6.92. The predicted molar refractivity (Wildman–Crippen MR) is 81.6 cm³/mol. The van der Waals surface area contributed by atoms with Crippen LogP contribution in [0.2, 0.25) is 5.02 Å². The number of hydrogen-bond donors (Lipinski definition) is 2. The van der Waals surface area contributed by atoms with Crippen molar-refractivity contribution in [2.75, 3.05) is 0 Å². The van der Waals surface area contributed by atoms with Crippen LogP contribution in [0.5, 0.6) is 0 Å². The van der Waals surface area contributed by atoms with E-state index in [2.05, 4.69) is 5.32 Å². The van der Waals surface area contributed by atoms with Crippen LogP contribution in [0.15, 0.2) is 42.5 Å². The van der Waals surface area contributed by atoms with Crippen molar-refractivity contribution in [1.82, 2.24) is 5.32 Å². The summed E-state index contributed by atoms with van der Waals surface area (Å²) in [5.41, 5.74) is 6.91.